The summed E-state index contributed by atoms with van der Waals surface area (Å²) in [5.41, 5.74) is 0.960. The molecule has 26 heavy (non-hydrogen) atoms. The highest BCUT2D eigenvalue weighted by atomic mass is 32.2. The molecule has 142 valence electrons. The van der Waals surface area contributed by atoms with Crippen molar-refractivity contribution >= 4 is 27.3 Å². The number of rotatable bonds is 9. The Morgan fingerprint density at radius 3 is 2.27 bits per heavy atom. The normalized spacial score (nSPS) is 11.7. The van der Waals surface area contributed by atoms with Crippen LogP contribution in [-0.4, -0.2) is 43.7 Å². The number of carbonyl (C=O) groups excluding carboxylic acids is 1. The third kappa shape index (κ3) is 5.16. The number of thiophene rings is 1. The average molecular weight is 395 g/mol. The predicted octanol–water partition coefficient (Wildman–Crippen LogP) is 3.37. The number of aryl methyl sites for hydroxylation is 1. The second-order valence-electron chi connectivity index (χ2n) is 6.06. The molecule has 1 amide bonds. The molecule has 1 heterocycles. The number of hydrogen-bond acceptors (Lipinski definition) is 4. The maximum absolute atomic E-state index is 12.5. The van der Waals surface area contributed by atoms with Crippen molar-refractivity contribution in [2.45, 2.75) is 38.1 Å². The highest BCUT2D eigenvalue weighted by Gasteiger charge is 2.21. The highest BCUT2D eigenvalue weighted by molar-refractivity contribution is 7.89. The van der Waals surface area contributed by atoms with Crippen LogP contribution in [0.1, 0.15) is 30.7 Å². The fourth-order valence-corrected chi connectivity index (χ4v) is 4.92. The van der Waals surface area contributed by atoms with Crippen LogP contribution in [0.4, 0.5) is 0 Å². The minimum atomic E-state index is -3.43. The summed E-state index contributed by atoms with van der Waals surface area (Å²) in [6.07, 6.45) is 1.00. The fourth-order valence-electron chi connectivity index (χ4n) is 2.71. The lowest BCUT2D eigenvalue weighted by Crippen LogP contribution is -2.30. The van der Waals surface area contributed by atoms with Gasteiger partial charge in [0.2, 0.25) is 15.9 Å². The Balaban J connectivity index is 1.93. The van der Waals surface area contributed by atoms with Gasteiger partial charge < -0.3 is 4.90 Å². The van der Waals surface area contributed by atoms with E-state index in [9.17, 15) is 13.2 Å². The molecule has 2 rings (SSSR count). The smallest absolute Gasteiger partial charge is 0.243 e. The second kappa shape index (κ2) is 9.30. The van der Waals surface area contributed by atoms with Crippen LogP contribution in [0.2, 0.25) is 0 Å². The Kier molecular flexibility index (Phi) is 7.37. The largest absolute Gasteiger partial charge is 0.341 e. The molecule has 7 heteroatoms. The van der Waals surface area contributed by atoms with Crippen molar-refractivity contribution in [1.29, 1.82) is 0 Å². The van der Waals surface area contributed by atoms with Gasteiger partial charge >= 0.3 is 0 Å². The molecule has 1 aromatic carbocycles. The van der Waals surface area contributed by atoms with E-state index in [4.69, 9.17) is 0 Å². The van der Waals surface area contributed by atoms with E-state index in [0.717, 1.165) is 10.4 Å². The predicted molar refractivity (Wildman–Crippen MR) is 106 cm³/mol. The summed E-state index contributed by atoms with van der Waals surface area (Å²) in [5.74, 6) is 0.0817. The summed E-state index contributed by atoms with van der Waals surface area (Å²) in [6, 6.07) is 10.8. The van der Waals surface area contributed by atoms with E-state index >= 15 is 0 Å². The van der Waals surface area contributed by atoms with Gasteiger partial charge in [0.25, 0.3) is 0 Å². The molecule has 0 spiro atoms. The number of carbonyl (C=O) groups is 1. The van der Waals surface area contributed by atoms with E-state index in [-0.39, 0.29) is 5.91 Å². The van der Waals surface area contributed by atoms with Crippen LogP contribution < -0.4 is 0 Å². The van der Waals surface area contributed by atoms with Crippen LogP contribution in [-0.2, 0) is 27.8 Å². The zero-order valence-electron chi connectivity index (χ0n) is 15.5. The summed E-state index contributed by atoms with van der Waals surface area (Å²) in [6.45, 7) is 5.18. The van der Waals surface area contributed by atoms with Crippen molar-refractivity contribution in [2.75, 3.05) is 20.1 Å². The van der Waals surface area contributed by atoms with Crippen molar-refractivity contribution in [3.8, 4) is 0 Å². The second-order valence-corrected chi connectivity index (χ2v) is 9.03. The van der Waals surface area contributed by atoms with Crippen molar-refractivity contribution < 1.29 is 13.2 Å². The molecule has 0 saturated carbocycles. The molecule has 0 bridgehead atoms. The van der Waals surface area contributed by atoms with Gasteiger partial charge in [0.1, 0.15) is 0 Å². The van der Waals surface area contributed by atoms with Gasteiger partial charge in [-0.25, -0.2) is 8.42 Å². The lowest BCUT2D eigenvalue weighted by Gasteiger charge is -2.18. The van der Waals surface area contributed by atoms with Gasteiger partial charge in [-0.15, -0.1) is 11.3 Å². The molecule has 0 saturated heterocycles. The zero-order valence-corrected chi connectivity index (χ0v) is 17.1. The molecule has 0 unspecified atom stereocenters. The first-order valence-electron chi connectivity index (χ1n) is 8.74. The van der Waals surface area contributed by atoms with Crippen molar-refractivity contribution in [3.63, 3.8) is 0 Å². The van der Waals surface area contributed by atoms with E-state index in [2.05, 4.69) is 0 Å². The first-order chi connectivity index (χ1) is 12.4. The summed E-state index contributed by atoms with van der Waals surface area (Å²) in [7, 11) is -1.63. The van der Waals surface area contributed by atoms with Gasteiger partial charge in [0.05, 0.1) is 11.4 Å². The summed E-state index contributed by atoms with van der Waals surface area (Å²) in [5, 5.41) is 2.00. The monoisotopic (exact) mass is 394 g/mol. The van der Waals surface area contributed by atoms with Gasteiger partial charge in [-0.2, -0.15) is 4.31 Å². The van der Waals surface area contributed by atoms with Gasteiger partial charge in [-0.1, -0.05) is 32.0 Å². The Bertz CT molecular complexity index is 796. The number of amides is 1. The maximum atomic E-state index is 12.5. The molecular weight excluding hydrogens is 368 g/mol. The fraction of sp³-hybridized carbons (Fsp3) is 0.421. The minimum absolute atomic E-state index is 0.0817. The van der Waals surface area contributed by atoms with Crippen molar-refractivity contribution in [2.24, 2.45) is 0 Å². The third-order valence-electron chi connectivity index (χ3n) is 4.29. The molecule has 2 aromatic rings. The molecule has 0 fully saturated rings. The molecule has 0 aliphatic heterocycles. The zero-order chi connectivity index (χ0) is 19.2. The standard InChI is InChI=1S/C19H26N2O3S2/c1-4-21(5-2)26(23,24)18-11-8-16(9-12-18)10-13-19(22)20(3)15-17-7-6-14-25-17/h6-9,11-12,14H,4-5,10,13,15H2,1-3H3. The third-order valence-corrected chi connectivity index (χ3v) is 7.22. The quantitative estimate of drug-likeness (QED) is 0.655. The van der Waals surface area contributed by atoms with Crippen LogP contribution in [0.15, 0.2) is 46.7 Å². The Morgan fingerprint density at radius 1 is 1.08 bits per heavy atom. The average Bonchev–Trinajstić information content (AvgIpc) is 3.13. The molecule has 0 radical (unpaired) electrons. The van der Waals surface area contributed by atoms with E-state index in [1.165, 1.54) is 4.31 Å². The van der Waals surface area contributed by atoms with Gasteiger partial charge in [-0.3, -0.25) is 4.79 Å². The molecular formula is C19H26N2O3S2. The summed E-state index contributed by atoms with van der Waals surface area (Å²) >= 11 is 1.64. The van der Waals surface area contributed by atoms with Gasteiger partial charge in [0.15, 0.2) is 0 Å². The summed E-state index contributed by atoms with van der Waals surface area (Å²) in [4.78, 5) is 15.4. The Morgan fingerprint density at radius 2 is 1.73 bits per heavy atom. The van der Waals surface area contributed by atoms with Crippen LogP contribution in [0.25, 0.3) is 0 Å². The van der Waals surface area contributed by atoms with Crippen LogP contribution >= 0.6 is 11.3 Å². The number of sulfonamides is 1. The lowest BCUT2D eigenvalue weighted by molar-refractivity contribution is -0.130. The Labute approximate surface area is 160 Å². The van der Waals surface area contributed by atoms with Crippen LogP contribution in [0.3, 0.4) is 0 Å². The topological polar surface area (TPSA) is 57.7 Å². The first kappa shape index (κ1) is 20.6. The molecule has 0 aliphatic rings. The highest BCUT2D eigenvalue weighted by Crippen LogP contribution is 2.17. The number of benzene rings is 1. The molecule has 0 aliphatic carbocycles. The summed E-state index contributed by atoms with van der Waals surface area (Å²) < 4.78 is 26.4. The van der Waals surface area contributed by atoms with E-state index in [1.807, 2.05) is 38.4 Å². The first-order valence-corrected chi connectivity index (χ1v) is 11.1. The Hall–Kier alpha value is -1.70. The molecule has 0 N–H and O–H groups in total. The van der Waals surface area contributed by atoms with E-state index in [0.29, 0.717) is 37.4 Å². The molecule has 0 atom stereocenters. The maximum Gasteiger partial charge on any atom is 0.243 e. The molecule has 1 aromatic heterocycles. The van der Waals surface area contributed by atoms with Crippen molar-refractivity contribution in [3.05, 3.63) is 52.2 Å². The lowest BCUT2D eigenvalue weighted by atomic mass is 10.1. The molecule has 5 nitrogen and oxygen atoms in total. The van der Waals surface area contributed by atoms with E-state index < -0.39 is 10.0 Å². The van der Waals surface area contributed by atoms with E-state index in [1.54, 1.807) is 40.5 Å². The SMILES string of the molecule is CCN(CC)S(=O)(=O)c1ccc(CCC(=O)N(C)Cc2cccs2)cc1. The van der Waals surface area contributed by atoms with Crippen molar-refractivity contribution in [1.82, 2.24) is 9.21 Å². The number of hydrogen-bond donors (Lipinski definition) is 0. The van der Waals surface area contributed by atoms with Gasteiger partial charge in [-0.05, 0) is 35.6 Å². The van der Waals surface area contributed by atoms with Crippen LogP contribution in [0.5, 0.6) is 0 Å². The van der Waals surface area contributed by atoms with Crippen LogP contribution in [0, 0.1) is 0 Å². The van der Waals surface area contributed by atoms with Gasteiger partial charge in [0, 0.05) is 31.4 Å². The minimum Gasteiger partial charge on any atom is -0.341 e. The number of nitrogens with zero attached hydrogens (tertiary/aromatic N) is 2.